The summed E-state index contributed by atoms with van der Waals surface area (Å²) in [6.45, 7) is 9.38. The molecule has 32 heavy (non-hydrogen) atoms. The summed E-state index contributed by atoms with van der Waals surface area (Å²) >= 11 is 0. The molecular weight excluding hydrogens is 410 g/mol. The van der Waals surface area contributed by atoms with Gasteiger partial charge in [-0.1, -0.05) is 38.1 Å². The Labute approximate surface area is 188 Å². The largest absolute Gasteiger partial charge is 0.444 e. The Bertz CT molecular complexity index is 969. The molecule has 3 amide bonds. The highest BCUT2D eigenvalue weighted by Gasteiger charge is 2.24. The van der Waals surface area contributed by atoms with E-state index in [4.69, 9.17) is 10.5 Å². The molecule has 0 unspecified atom stereocenters. The summed E-state index contributed by atoms with van der Waals surface area (Å²) in [5.74, 6) is -0.999. The number of nitrogens with zero attached hydrogens (tertiary/aromatic N) is 2. The second-order valence-electron chi connectivity index (χ2n) is 8.82. The van der Waals surface area contributed by atoms with Gasteiger partial charge in [-0.2, -0.15) is 0 Å². The Kier molecular flexibility index (Phi) is 8.28. The quantitative estimate of drug-likeness (QED) is 0.576. The molecule has 1 heterocycles. The van der Waals surface area contributed by atoms with Gasteiger partial charge in [-0.3, -0.25) is 14.6 Å². The Morgan fingerprint density at radius 3 is 2.38 bits per heavy atom. The van der Waals surface area contributed by atoms with Crippen LogP contribution in [-0.2, 0) is 16.1 Å². The molecule has 0 radical (unpaired) electrons. The first-order chi connectivity index (χ1) is 15.0. The van der Waals surface area contributed by atoms with Crippen LogP contribution in [0, 0.1) is 5.92 Å². The third kappa shape index (κ3) is 7.33. The van der Waals surface area contributed by atoms with Gasteiger partial charge >= 0.3 is 6.09 Å². The lowest BCUT2D eigenvalue weighted by Gasteiger charge is -2.20. The van der Waals surface area contributed by atoms with Gasteiger partial charge in [-0.15, -0.1) is 0 Å². The predicted octanol–water partition coefficient (Wildman–Crippen LogP) is 2.80. The van der Waals surface area contributed by atoms with Crippen LogP contribution in [0.15, 0.2) is 36.7 Å². The van der Waals surface area contributed by atoms with Crippen molar-refractivity contribution in [2.45, 2.75) is 59.2 Å². The van der Waals surface area contributed by atoms with Crippen molar-refractivity contribution in [2.24, 2.45) is 11.7 Å². The number of aromatic nitrogens is 2. The first-order valence-electron chi connectivity index (χ1n) is 10.4. The van der Waals surface area contributed by atoms with Crippen molar-refractivity contribution in [3.8, 4) is 11.3 Å². The Morgan fingerprint density at radius 2 is 1.75 bits per heavy atom. The molecule has 4 N–H and O–H groups in total. The van der Waals surface area contributed by atoms with Gasteiger partial charge in [0, 0.05) is 24.5 Å². The van der Waals surface area contributed by atoms with Crippen LogP contribution in [0.1, 0.15) is 57.1 Å². The number of amides is 3. The molecule has 1 aromatic heterocycles. The van der Waals surface area contributed by atoms with Gasteiger partial charge in [0.2, 0.25) is 5.91 Å². The Morgan fingerprint density at radius 1 is 1.09 bits per heavy atom. The topological polar surface area (TPSA) is 136 Å². The lowest BCUT2D eigenvalue weighted by atomic mass is 10.0. The van der Waals surface area contributed by atoms with Crippen molar-refractivity contribution in [2.75, 3.05) is 0 Å². The summed E-state index contributed by atoms with van der Waals surface area (Å²) in [6.07, 6.45) is 2.74. The molecule has 9 nitrogen and oxygen atoms in total. The van der Waals surface area contributed by atoms with Gasteiger partial charge in [0.1, 0.15) is 17.3 Å². The van der Waals surface area contributed by atoms with Crippen LogP contribution >= 0.6 is 0 Å². The van der Waals surface area contributed by atoms with Gasteiger partial charge in [0.25, 0.3) is 5.91 Å². The molecular formula is C23H31N5O4. The molecule has 2 rings (SSSR count). The second-order valence-corrected chi connectivity index (χ2v) is 8.82. The number of alkyl carbamates (subject to hydrolysis) is 1. The molecule has 0 aliphatic rings. The molecule has 1 aromatic carbocycles. The van der Waals surface area contributed by atoms with E-state index in [-0.39, 0.29) is 18.2 Å². The Hall–Kier alpha value is -3.49. The highest BCUT2D eigenvalue weighted by molar-refractivity contribution is 6.00. The average molecular weight is 442 g/mol. The number of benzene rings is 1. The summed E-state index contributed by atoms with van der Waals surface area (Å²) in [5.41, 5.74) is 6.58. The fourth-order valence-electron chi connectivity index (χ4n) is 3.03. The summed E-state index contributed by atoms with van der Waals surface area (Å²) in [4.78, 5) is 45.3. The lowest BCUT2D eigenvalue weighted by Crippen LogP contribution is -2.45. The molecule has 2 aromatic rings. The highest BCUT2D eigenvalue weighted by atomic mass is 16.6. The fraction of sp³-hybridized carbons (Fsp3) is 0.435. The number of carbonyl (C=O) groups excluding carboxylic acids is 3. The predicted molar refractivity (Wildman–Crippen MR) is 120 cm³/mol. The maximum atomic E-state index is 13.0. The van der Waals surface area contributed by atoms with E-state index in [2.05, 4.69) is 20.6 Å². The van der Waals surface area contributed by atoms with Crippen LogP contribution in [0.5, 0.6) is 0 Å². The molecule has 9 heteroatoms. The van der Waals surface area contributed by atoms with E-state index < -0.39 is 29.6 Å². The van der Waals surface area contributed by atoms with E-state index >= 15 is 0 Å². The average Bonchev–Trinajstić information content (AvgIpc) is 2.70. The van der Waals surface area contributed by atoms with Gasteiger partial charge < -0.3 is 21.1 Å². The van der Waals surface area contributed by atoms with Gasteiger partial charge in [0.15, 0.2) is 5.69 Å². The molecule has 0 saturated carbocycles. The van der Waals surface area contributed by atoms with Gasteiger partial charge in [0.05, 0.1) is 0 Å². The van der Waals surface area contributed by atoms with Crippen LogP contribution in [0.4, 0.5) is 4.79 Å². The number of rotatable bonds is 8. The smallest absolute Gasteiger partial charge is 0.407 e. The first kappa shape index (κ1) is 24.8. The van der Waals surface area contributed by atoms with Crippen molar-refractivity contribution < 1.29 is 19.1 Å². The highest BCUT2D eigenvalue weighted by Crippen LogP contribution is 2.24. The third-order valence-electron chi connectivity index (χ3n) is 4.36. The van der Waals surface area contributed by atoms with Crippen LogP contribution in [0.3, 0.4) is 0 Å². The van der Waals surface area contributed by atoms with Crippen molar-refractivity contribution >= 4 is 17.9 Å². The Balaban J connectivity index is 2.29. The SMILES string of the molecule is CC(C)C[C@H](NC(=O)c1nccnc1-c1ccccc1CNC(=O)OC(C)(C)C)C(N)=O. The zero-order chi connectivity index (χ0) is 23.9. The lowest BCUT2D eigenvalue weighted by molar-refractivity contribution is -0.120. The molecule has 0 spiro atoms. The fourth-order valence-corrected chi connectivity index (χ4v) is 3.03. The number of nitrogens with one attached hydrogen (secondary N) is 2. The summed E-state index contributed by atoms with van der Waals surface area (Å²) < 4.78 is 5.28. The minimum absolute atomic E-state index is 0.0622. The summed E-state index contributed by atoms with van der Waals surface area (Å²) in [6, 6.07) is 6.40. The number of hydrogen-bond acceptors (Lipinski definition) is 6. The maximum Gasteiger partial charge on any atom is 0.407 e. The molecule has 1 atom stereocenters. The molecule has 0 fully saturated rings. The van der Waals surface area contributed by atoms with Crippen LogP contribution < -0.4 is 16.4 Å². The first-order valence-corrected chi connectivity index (χ1v) is 10.4. The molecule has 0 aliphatic heterocycles. The molecule has 0 saturated heterocycles. The van der Waals surface area contributed by atoms with Crippen molar-refractivity contribution in [1.29, 1.82) is 0 Å². The second kappa shape index (κ2) is 10.7. The van der Waals surface area contributed by atoms with E-state index in [1.807, 2.05) is 26.0 Å². The zero-order valence-electron chi connectivity index (χ0n) is 19.1. The molecule has 0 bridgehead atoms. The molecule has 172 valence electrons. The summed E-state index contributed by atoms with van der Waals surface area (Å²) in [7, 11) is 0. The van der Waals surface area contributed by atoms with Crippen molar-refractivity contribution in [3.05, 3.63) is 47.9 Å². The van der Waals surface area contributed by atoms with Crippen molar-refractivity contribution in [1.82, 2.24) is 20.6 Å². The van der Waals surface area contributed by atoms with E-state index in [0.717, 1.165) is 5.56 Å². The zero-order valence-corrected chi connectivity index (χ0v) is 19.1. The third-order valence-corrected chi connectivity index (χ3v) is 4.36. The van der Waals surface area contributed by atoms with E-state index in [0.29, 0.717) is 17.7 Å². The number of hydrogen-bond donors (Lipinski definition) is 3. The van der Waals surface area contributed by atoms with E-state index in [1.54, 1.807) is 32.9 Å². The van der Waals surface area contributed by atoms with E-state index in [9.17, 15) is 14.4 Å². The minimum Gasteiger partial charge on any atom is -0.444 e. The van der Waals surface area contributed by atoms with Crippen LogP contribution in [0.25, 0.3) is 11.3 Å². The van der Waals surface area contributed by atoms with Crippen LogP contribution in [-0.4, -0.2) is 39.5 Å². The minimum atomic E-state index is -0.818. The van der Waals surface area contributed by atoms with Gasteiger partial charge in [-0.05, 0) is 38.7 Å². The van der Waals surface area contributed by atoms with Crippen LogP contribution in [0.2, 0.25) is 0 Å². The number of carbonyl (C=O) groups is 3. The summed E-state index contributed by atoms with van der Waals surface area (Å²) in [5, 5.41) is 5.38. The van der Waals surface area contributed by atoms with Crippen molar-refractivity contribution in [3.63, 3.8) is 0 Å². The van der Waals surface area contributed by atoms with E-state index in [1.165, 1.54) is 12.4 Å². The normalized spacial score (nSPS) is 12.2. The monoisotopic (exact) mass is 441 g/mol. The molecule has 0 aliphatic carbocycles. The van der Waals surface area contributed by atoms with Gasteiger partial charge in [-0.25, -0.2) is 9.78 Å². The number of nitrogens with two attached hydrogens (primary N) is 1. The number of ether oxygens (including phenoxy) is 1. The maximum absolute atomic E-state index is 13.0. The standard InChI is InChI=1S/C23H31N5O4/c1-14(2)12-17(20(24)29)28-21(30)19-18(25-10-11-26-19)16-9-7-6-8-15(16)13-27-22(31)32-23(3,4)5/h6-11,14,17H,12-13H2,1-5H3,(H2,24,29)(H,27,31)(H,28,30)/t17-/m0/s1. The number of primary amides is 1.